The van der Waals surface area contributed by atoms with Gasteiger partial charge in [0.1, 0.15) is 0 Å². The smallest absolute Gasteiger partial charge is 0.0640 e. The first-order valence-corrected chi connectivity index (χ1v) is 27.1. The van der Waals surface area contributed by atoms with E-state index in [0.29, 0.717) is 0 Å². The van der Waals surface area contributed by atoms with Gasteiger partial charge in [0.25, 0.3) is 0 Å². The highest BCUT2D eigenvalue weighted by atomic mass is 32.1. The van der Waals surface area contributed by atoms with Crippen molar-refractivity contribution in [1.82, 2.24) is 13.7 Å². The molecule has 77 heavy (non-hydrogen) atoms. The van der Waals surface area contributed by atoms with E-state index in [2.05, 4.69) is 298 Å². The fourth-order valence-electron chi connectivity index (χ4n) is 12.4. The second-order valence-corrected chi connectivity index (χ2v) is 21.1. The van der Waals surface area contributed by atoms with Gasteiger partial charge in [-0.1, -0.05) is 164 Å². The van der Waals surface area contributed by atoms with Gasteiger partial charge in [0, 0.05) is 76.2 Å². The topological polar surface area (TPSA) is 18.0 Å². The summed E-state index contributed by atoms with van der Waals surface area (Å²) in [6, 6.07) is 102. The molecule has 4 nitrogen and oxygen atoms in total. The van der Waals surface area contributed by atoms with E-state index in [1.165, 1.54) is 108 Å². The molecule has 0 N–H and O–H groups in total. The standard InChI is InChI=1S/C72H46N4S/c1-4-17-51(18-5-1)74-63-27-13-10-23-56(63)61-45-49(35-42-66(61)74)47-31-37-54(38-32-47)73(55-39-33-48(34-40-55)50-36-43-67-62(46-50)57-24-11-14-28-64(57)75(67)52-19-6-2-7-20-52)69-30-16-26-58-59-41-44-68-70(72(59)77-71(58)69)60-25-12-15-29-65(60)76(68)53-21-8-3-9-22-53/h1-46H. The van der Waals surface area contributed by atoms with Crippen molar-refractivity contribution in [2.75, 3.05) is 4.90 Å². The summed E-state index contributed by atoms with van der Waals surface area (Å²) in [7, 11) is 0. The van der Waals surface area contributed by atoms with E-state index in [1.807, 2.05) is 11.3 Å². The summed E-state index contributed by atoms with van der Waals surface area (Å²) in [6.45, 7) is 0. The van der Waals surface area contributed by atoms with Gasteiger partial charge in [-0.3, -0.25) is 0 Å². The van der Waals surface area contributed by atoms with E-state index in [-0.39, 0.29) is 0 Å². The van der Waals surface area contributed by atoms with Crippen LogP contribution in [0.4, 0.5) is 17.1 Å². The Morgan fingerprint density at radius 3 is 1.13 bits per heavy atom. The van der Waals surface area contributed by atoms with Crippen molar-refractivity contribution in [3.63, 3.8) is 0 Å². The van der Waals surface area contributed by atoms with Gasteiger partial charge in [-0.05, 0) is 138 Å². The molecule has 16 rings (SSSR count). The number of fused-ring (bicyclic) bond motifs is 13. The second-order valence-electron chi connectivity index (χ2n) is 20.0. The average molecular weight is 999 g/mol. The highest BCUT2D eigenvalue weighted by Gasteiger charge is 2.23. The summed E-state index contributed by atoms with van der Waals surface area (Å²) in [6.07, 6.45) is 0. The SMILES string of the molecule is c1ccc(-n2c3ccccc3c3cc(-c4ccc(N(c5ccc(-c6ccc7c(c6)c6ccccc6n7-c6ccccc6)cc5)c5cccc6c5sc5c6ccc6c5c5ccccc5n6-c5ccccc5)cc4)ccc32)cc1. The molecule has 0 spiro atoms. The van der Waals surface area contributed by atoms with Gasteiger partial charge < -0.3 is 18.6 Å². The molecular formula is C72H46N4S. The lowest BCUT2D eigenvalue weighted by molar-refractivity contribution is 1.18. The Bertz CT molecular complexity index is 4750. The monoisotopic (exact) mass is 998 g/mol. The first kappa shape index (κ1) is 43.5. The molecule has 0 fully saturated rings. The lowest BCUT2D eigenvalue weighted by atomic mass is 10.0. The molecule has 4 aromatic heterocycles. The summed E-state index contributed by atoms with van der Waals surface area (Å²) < 4.78 is 9.73. The fourth-order valence-corrected chi connectivity index (χ4v) is 13.7. The lowest BCUT2D eigenvalue weighted by Gasteiger charge is -2.26. The maximum Gasteiger partial charge on any atom is 0.0640 e. The lowest BCUT2D eigenvalue weighted by Crippen LogP contribution is -2.10. The van der Waals surface area contributed by atoms with E-state index < -0.39 is 0 Å². The molecule has 0 atom stereocenters. The van der Waals surface area contributed by atoms with Gasteiger partial charge in [-0.2, -0.15) is 0 Å². The third-order valence-electron chi connectivity index (χ3n) is 15.8. The molecule has 360 valence electrons. The van der Waals surface area contributed by atoms with Crippen LogP contribution in [-0.2, 0) is 0 Å². The van der Waals surface area contributed by atoms with Crippen LogP contribution in [0.15, 0.2) is 279 Å². The molecule has 0 aliphatic heterocycles. The molecule has 0 bridgehead atoms. The molecule has 0 saturated carbocycles. The number of benzene rings is 12. The normalized spacial score (nSPS) is 11.9. The van der Waals surface area contributed by atoms with Gasteiger partial charge in [0.2, 0.25) is 0 Å². The second kappa shape index (κ2) is 17.3. The van der Waals surface area contributed by atoms with Crippen LogP contribution in [-0.4, -0.2) is 13.7 Å². The Labute approximate surface area is 448 Å². The van der Waals surface area contributed by atoms with E-state index in [4.69, 9.17) is 0 Å². The highest BCUT2D eigenvalue weighted by Crippen LogP contribution is 2.49. The molecule has 5 heteroatoms. The van der Waals surface area contributed by atoms with Crippen LogP contribution < -0.4 is 4.90 Å². The molecule has 0 amide bonds. The zero-order valence-corrected chi connectivity index (χ0v) is 42.6. The van der Waals surface area contributed by atoms with Gasteiger partial charge in [-0.25, -0.2) is 0 Å². The molecule has 0 aliphatic rings. The number of nitrogens with zero attached hydrogens (tertiary/aromatic N) is 4. The summed E-state index contributed by atoms with van der Waals surface area (Å²) in [4.78, 5) is 2.46. The molecular weight excluding hydrogens is 953 g/mol. The largest absolute Gasteiger partial charge is 0.309 e. The minimum absolute atomic E-state index is 1.09. The predicted octanol–water partition coefficient (Wildman–Crippen LogP) is 20.1. The van der Waals surface area contributed by atoms with Crippen molar-refractivity contribution in [2.24, 2.45) is 0 Å². The zero-order chi connectivity index (χ0) is 50.6. The maximum absolute atomic E-state index is 2.46. The average Bonchev–Trinajstić information content (AvgIpc) is 4.30. The number of thiophene rings is 1. The Morgan fingerprint density at radius 2 is 0.623 bits per heavy atom. The summed E-state index contributed by atoms with van der Waals surface area (Å²) in [5.41, 5.74) is 18.8. The van der Waals surface area contributed by atoms with Crippen molar-refractivity contribution in [3.05, 3.63) is 279 Å². The summed E-state index contributed by atoms with van der Waals surface area (Å²) in [5.74, 6) is 0. The van der Waals surface area contributed by atoms with Gasteiger partial charge >= 0.3 is 0 Å². The molecule has 0 saturated heterocycles. The fraction of sp³-hybridized carbons (Fsp3) is 0. The minimum Gasteiger partial charge on any atom is -0.309 e. The van der Waals surface area contributed by atoms with Crippen molar-refractivity contribution < 1.29 is 0 Å². The molecule has 16 aromatic rings. The number of para-hydroxylation sites is 6. The third kappa shape index (κ3) is 6.77. The van der Waals surface area contributed by atoms with Gasteiger partial charge in [-0.15, -0.1) is 11.3 Å². The van der Waals surface area contributed by atoms with Crippen LogP contribution in [0.5, 0.6) is 0 Å². The Morgan fingerprint density at radius 1 is 0.247 bits per heavy atom. The minimum atomic E-state index is 1.09. The predicted molar refractivity (Wildman–Crippen MR) is 328 cm³/mol. The first-order valence-electron chi connectivity index (χ1n) is 26.3. The summed E-state index contributed by atoms with van der Waals surface area (Å²) >= 11 is 1.90. The number of aromatic nitrogens is 3. The first-order chi connectivity index (χ1) is 38.2. The zero-order valence-electron chi connectivity index (χ0n) is 41.8. The molecule has 0 aliphatic carbocycles. The molecule has 4 heterocycles. The van der Waals surface area contributed by atoms with Crippen LogP contribution >= 0.6 is 11.3 Å². The number of hydrogen-bond acceptors (Lipinski definition) is 2. The van der Waals surface area contributed by atoms with Crippen molar-refractivity contribution >= 4 is 114 Å². The van der Waals surface area contributed by atoms with Crippen molar-refractivity contribution in [2.45, 2.75) is 0 Å². The van der Waals surface area contributed by atoms with Crippen molar-refractivity contribution in [3.8, 4) is 39.3 Å². The highest BCUT2D eigenvalue weighted by molar-refractivity contribution is 7.27. The van der Waals surface area contributed by atoms with Crippen molar-refractivity contribution in [1.29, 1.82) is 0 Å². The molecule has 0 radical (unpaired) electrons. The van der Waals surface area contributed by atoms with Crippen LogP contribution in [0.3, 0.4) is 0 Å². The van der Waals surface area contributed by atoms with E-state index in [1.54, 1.807) is 0 Å². The van der Waals surface area contributed by atoms with Gasteiger partial charge in [0.15, 0.2) is 0 Å². The van der Waals surface area contributed by atoms with Crippen LogP contribution in [0, 0.1) is 0 Å². The van der Waals surface area contributed by atoms with E-state index in [9.17, 15) is 0 Å². The Hall–Kier alpha value is -9.94. The Balaban J connectivity index is 0.851. The number of anilines is 3. The van der Waals surface area contributed by atoms with Crippen LogP contribution in [0.1, 0.15) is 0 Å². The quantitative estimate of drug-likeness (QED) is 0.148. The van der Waals surface area contributed by atoms with E-state index in [0.717, 1.165) is 34.1 Å². The maximum atomic E-state index is 2.46. The number of rotatable bonds is 8. The van der Waals surface area contributed by atoms with Gasteiger partial charge in [0.05, 0.1) is 43.5 Å². The Kier molecular flexibility index (Phi) is 9.78. The molecule has 0 unspecified atom stereocenters. The van der Waals surface area contributed by atoms with E-state index >= 15 is 0 Å². The van der Waals surface area contributed by atoms with Crippen LogP contribution in [0.2, 0.25) is 0 Å². The van der Waals surface area contributed by atoms with Crippen LogP contribution in [0.25, 0.3) is 125 Å². The summed E-state index contributed by atoms with van der Waals surface area (Å²) in [5, 5.41) is 10.1. The molecule has 12 aromatic carbocycles. The number of hydrogen-bond donors (Lipinski definition) is 0. The third-order valence-corrected chi connectivity index (χ3v) is 17.1.